The van der Waals surface area contributed by atoms with Crippen LogP contribution in [0.25, 0.3) is 0 Å². The van der Waals surface area contributed by atoms with Crippen LogP contribution in [-0.2, 0) is 0 Å². The molecule has 0 aliphatic rings. The van der Waals surface area contributed by atoms with Crippen LogP contribution in [0.2, 0.25) is 0 Å². The van der Waals surface area contributed by atoms with Crippen LogP contribution in [-0.4, -0.2) is 0 Å². The Hall–Kier alpha value is -0.850. The smallest absolute Gasteiger partial charge is 0.0395 e. The fourth-order valence-electron chi connectivity index (χ4n) is 0.663. The van der Waals surface area contributed by atoms with Gasteiger partial charge in [0.25, 0.3) is 0 Å². The molecule has 0 bridgehead atoms. The topological polar surface area (TPSA) is 0 Å². The first-order chi connectivity index (χ1) is 3.80. The highest BCUT2D eigenvalue weighted by Crippen LogP contribution is 2.02. The predicted octanol–water partition coefficient (Wildman–Crippen LogP) is 3.09. The summed E-state index contributed by atoms with van der Waals surface area (Å²) < 4.78 is 0. The van der Waals surface area contributed by atoms with Crippen LogP contribution in [0.5, 0.6) is 0 Å². The molecule has 0 nitrogen and oxygen atoms in total. The van der Waals surface area contributed by atoms with Crippen molar-refractivity contribution < 1.29 is 4.70 Å². The molecule has 1 rings (SSSR count). The third-order valence-electron chi connectivity index (χ3n) is 1.43. The molecule has 0 atom stereocenters. The molecule has 0 spiro atoms. The molecule has 0 heterocycles. The zero-order chi connectivity index (χ0) is 5.98. The molecule has 0 saturated carbocycles. The van der Waals surface area contributed by atoms with Crippen molar-refractivity contribution in [2.24, 2.45) is 0 Å². The van der Waals surface area contributed by atoms with Gasteiger partial charge >= 0.3 is 0 Å². The summed E-state index contributed by atoms with van der Waals surface area (Å²) in [7, 11) is 0. The van der Waals surface area contributed by atoms with E-state index < -0.39 is 0 Å². The summed E-state index contributed by atoms with van der Waals surface area (Å²) in [6.07, 6.45) is 0. The van der Waals surface area contributed by atoms with E-state index in [0.717, 1.165) is 0 Å². The second-order valence-electron chi connectivity index (χ2n) is 2.08. The van der Waals surface area contributed by atoms with Crippen molar-refractivity contribution in [3.05, 3.63) is 35.4 Å². The first-order valence-electron chi connectivity index (χ1n) is 2.83. The molecule has 0 aliphatic heterocycles. The lowest BCUT2D eigenvalue weighted by Crippen LogP contribution is -1.74. The Kier molecular flexibility index (Phi) is 5.92. The number of halogens is 1. The number of aryl methyl sites for hydroxylation is 2. The Morgan fingerprint density at radius 3 is 1.40 bits per heavy atom. The Balaban J connectivity index is 0. The van der Waals surface area contributed by atoms with Gasteiger partial charge in [0, 0.05) is 0 Å². The summed E-state index contributed by atoms with van der Waals surface area (Å²) in [6, 6.07) is 8.36. The highest BCUT2D eigenvalue weighted by Gasteiger charge is 1.83. The first-order valence-corrected chi connectivity index (χ1v) is 2.83. The molecular formula is C9H15F. The number of rotatable bonds is 0. The van der Waals surface area contributed by atoms with Crippen LogP contribution in [0.4, 0.5) is 4.70 Å². The van der Waals surface area contributed by atoms with Crippen molar-refractivity contribution >= 4 is 0 Å². The van der Waals surface area contributed by atoms with Gasteiger partial charge in [0.15, 0.2) is 0 Å². The first kappa shape index (κ1) is 11.9. The van der Waals surface area contributed by atoms with E-state index in [0.29, 0.717) is 0 Å². The summed E-state index contributed by atoms with van der Waals surface area (Å²) in [4.78, 5) is 0. The van der Waals surface area contributed by atoms with Gasteiger partial charge in [-0.05, 0) is 25.0 Å². The SMILES string of the molecule is C.Cc1ccccc1C.F. The van der Waals surface area contributed by atoms with Crippen molar-refractivity contribution in [1.29, 1.82) is 0 Å². The molecule has 0 aromatic heterocycles. The minimum absolute atomic E-state index is 0. The van der Waals surface area contributed by atoms with E-state index in [1.54, 1.807) is 0 Å². The van der Waals surface area contributed by atoms with Crippen LogP contribution < -0.4 is 0 Å². The second kappa shape index (κ2) is 4.98. The molecule has 10 heavy (non-hydrogen) atoms. The summed E-state index contributed by atoms with van der Waals surface area (Å²) in [5.41, 5.74) is 2.74. The molecule has 0 fully saturated rings. The van der Waals surface area contributed by atoms with Crippen LogP contribution in [0.1, 0.15) is 18.6 Å². The molecule has 1 aromatic carbocycles. The lowest BCUT2D eigenvalue weighted by atomic mass is 10.1. The minimum atomic E-state index is 0. The molecule has 0 amide bonds. The lowest BCUT2D eigenvalue weighted by Gasteiger charge is -1.93. The maximum absolute atomic E-state index is 2.12. The average Bonchev–Trinajstić information content (AvgIpc) is 1.77. The van der Waals surface area contributed by atoms with Crippen molar-refractivity contribution in [2.45, 2.75) is 21.3 Å². The van der Waals surface area contributed by atoms with Crippen LogP contribution in [0, 0.1) is 13.8 Å². The summed E-state index contributed by atoms with van der Waals surface area (Å²) >= 11 is 0. The number of hydrogen-bond donors (Lipinski definition) is 0. The van der Waals surface area contributed by atoms with Gasteiger partial charge in [-0.3, -0.25) is 4.70 Å². The van der Waals surface area contributed by atoms with E-state index in [1.807, 2.05) is 0 Å². The standard InChI is InChI=1S/C8H10.CH4.FH/c1-7-5-3-4-6-8(7)2;;/h3-6H,1-2H3;1H4;1H. The van der Waals surface area contributed by atoms with Crippen LogP contribution in [0.3, 0.4) is 0 Å². The number of benzene rings is 1. The molecular weight excluding hydrogens is 127 g/mol. The van der Waals surface area contributed by atoms with Gasteiger partial charge in [-0.25, -0.2) is 0 Å². The van der Waals surface area contributed by atoms with E-state index in [-0.39, 0.29) is 12.1 Å². The zero-order valence-corrected chi connectivity index (χ0v) is 5.72. The molecule has 0 aliphatic carbocycles. The van der Waals surface area contributed by atoms with E-state index in [2.05, 4.69) is 38.1 Å². The fraction of sp³-hybridized carbons (Fsp3) is 0.333. The van der Waals surface area contributed by atoms with Gasteiger partial charge in [0.05, 0.1) is 0 Å². The summed E-state index contributed by atoms with van der Waals surface area (Å²) in [6.45, 7) is 4.24. The quantitative estimate of drug-likeness (QED) is 0.522. The Morgan fingerprint density at radius 2 is 1.20 bits per heavy atom. The Morgan fingerprint density at radius 1 is 0.900 bits per heavy atom. The molecule has 0 N–H and O–H groups in total. The molecule has 0 unspecified atom stereocenters. The Bertz CT molecular complexity index is 161. The van der Waals surface area contributed by atoms with E-state index in [9.17, 15) is 0 Å². The fourth-order valence-corrected chi connectivity index (χ4v) is 0.663. The predicted molar refractivity (Wildman–Crippen MR) is 45.2 cm³/mol. The van der Waals surface area contributed by atoms with Crippen molar-refractivity contribution in [3.8, 4) is 0 Å². The van der Waals surface area contributed by atoms with Gasteiger partial charge in [0.2, 0.25) is 0 Å². The van der Waals surface area contributed by atoms with Crippen molar-refractivity contribution in [1.82, 2.24) is 0 Å². The second-order valence-corrected chi connectivity index (χ2v) is 2.08. The molecule has 1 heteroatoms. The molecule has 58 valence electrons. The largest absolute Gasteiger partial charge is 0.269 e. The maximum Gasteiger partial charge on any atom is -0.0395 e. The van der Waals surface area contributed by atoms with Gasteiger partial charge in [-0.2, -0.15) is 0 Å². The van der Waals surface area contributed by atoms with Gasteiger partial charge in [-0.15, -0.1) is 0 Å². The molecule has 0 radical (unpaired) electrons. The Labute approximate surface area is 62.3 Å². The van der Waals surface area contributed by atoms with Gasteiger partial charge in [-0.1, -0.05) is 31.7 Å². The highest BCUT2D eigenvalue weighted by atomic mass is 19.0. The number of hydrogen-bond acceptors (Lipinski definition) is 0. The van der Waals surface area contributed by atoms with E-state index in [1.165, 1.54) is 11.1 Å². The summed E-state index contributed by atoms with van der Waals surface area (Å²) in [5, 5.41) is 0. The zero-order valence-electron chi connectivity index (χ0n) is 5.72. The van der Waals surface area contributed by atoms with Gasteiger partial charge in [0.1, 0.15) is 0 Å². The third-order valence-corrected chi connectivity index (χ3v) is 1.43. The van der Waals surface area contributed by atoms with Crippen LogP contribution in [0.15, 0.2) is 24.3 Å². The van der Waals surface area contributed by atoms with Gasteiger partial charge < -0.3 is 0 Å². The lowest BCUT2D eigenvalue weighted by molar-refractivity contribution is 1.11. The molecule has 0 saturated heterocycles. The summed E-state index contributed by atoms with van der Waals surface area (Å²) in [5.74, 6) is 0. The van der Waals surface area contributed by atoms with Crippen molar-refractivity contribution in [3.63, 3.8) is 0 Å². The van der Waals surface area contributed by atoms with Crippen molar-refractivity contribution in [2.75, 3.05) is 0 Å². The average molecular weight is 142 g/mol. The third kappa shape index (κ3) is 2.62. The van der Waals surface area contributed by atoms with E-state index >= 15 is 0 Å². The highest BCUT2D eigenvalue weighted by molar-refractivity contribution is 5.23. The van der Waals surface area contributed by atoms with Crippen LogP contribution >= 0.6 is 0 Å². The van der Waals surface area contributed by atoms with E-state index in [4.69, 9.17) is 0 Å². The molecule has 1 aromatic rings. The maximum atomic E-state index is 2.12. The minimum Gasteiger partial charge on any atom is -0.269 e. The normalized spacial score (nSPS) is 7.40. The monoisotopic (exact) mass is 142 g/mol.